The Hall–Kier alpha value is -3.41. The number of phenolic OH excluding ortho intramolecular Hbond substituents is 1. The van der Waals surface area contributed by atoms with Crippen LogP contribution in [0.3, 0.4) is 0 Å². The molecule has 0 spiro atoms. The van der Waals surface area contributed by atoms with Crippen molar-refractivity contribution in [3.8, 4) is 5.75 Å². The molecule has 2 aromatic carbocycles. The molecule has 1 aromatic heterocycles. The SMILES string of the molecule is Cc1c(O)ccc2c(COC(=O)/C=C/c3ccc(F)cc3)cc(=O)oc12. The number of phenols is 1. The van der Waals surface area contributed by atoms with Crippen molar-refractivity contribution in [2.45, 2.75) is 13.5 Å². The maximum absolute atomic E-state index is 12.8. The molecule has 0 saturated heterocycles. The number of hydrogen-bond donors (Lipinski definition) is 1. The van der Waals surface area contributed by atoms with Gasteiger partial charge >= 0.3 is 11.6 Å². The van der Waals surface area contributed by atoms with Gasteiger partial charge in [0.05, 0.1) is 0 Å². The molecule has 6 heteroatoms. The molecule has 3 rings (SSSR count). The van der Waals surface area contributed by atoms with Crippen molar-refractivity contribution in [1.29, 1.82) is 0 Å². The van der Waals surface area contributed by atoms with Crippen LogP contribution in [0, 0.1) is 12.7 Å². The second-order valence-corrected chi connectivity index (χ2v) is 5.67. The summed E-state index contributed by atoms with van der Waals surface area (Å²) in [5.41, 5.74) is 1.22. The number of aryl methyl sites for hydroxylation is 1. The molecule has 132 valence electrons. The van der Waals surface area contributed by atoms with Gasteiger partial charge in [0.15, 0.2) is 0 Å². The van der Waals surface area contributed by atoms with Crippen molar-refractivity contribution in [3.63, 3.8) is 0 Å². The Morgan fingerprint density at radius 1 is 1.23 bits per heavy atom. The van der Waals surface area contributed by atoms with E-state index in [9.17, 15) is 19.1 Å². The largest absolute Gasteiger partial charge is 0.508 e. The molecule has 3 aromatic rings. The Bertz CT molecular complexity index is 1050. The summed E-state index contributed by atoms with van der Waals surface area (Å²) in [6.45, 7) is 1.50. The van der Waals surface area contributed by atoms with Gasteiger partial charge in [-0.3, -0.25) is 0 Å². The average molecular weight is 354 g/mol. The summed E-state index contributed by atoms with van der Waals surface area (Å²) in [6.07, 6.45) is 2.72. The van der Waals surface area contributed by atoms with Crippen molar-refractivity contribution in [3.05, 3.63) is 81.5 Å². The van der Waals surface area contributed by atoms with Gasteiger partial charge in [0.25, 0.3) is 0 Å². The maximum atomic E-state index is 12.8. The zero-order valence-electron chi connectivity index (χ0n) is 13.9. The van der Waals surface area contributed by atoms with E-state index in [1.165, 1.54) is 48.6 Å². The van der Waals surface area contributed by atoms with Crippen LogP contribution in [-0.4, -0.2) is 11.1 Å². The molecule has 1 heterocycles. The lowest BCUT2D eigenvalue weighted by atomic mass is 10.1. The summed E-state index contributed by atoms with van der Waals surface area (Å²) in [6, 6.07) is 9.97. The normalized spacial score (nSPS) is 11.2. The molecule has 1 N–H and O–H groups in total. The standard InChI is InChI=1S/C20H15FO5/c1-12-17(22)8-7-16-14(10-19(24)26-20(12)16)11-25-18(23)9-4-13-2-5-15(21)6-3-13/h2-10,22H,11H2,1H3/b9-4+. The number of benzene rings is 2. The fraction of sp³-hybridized carbons (Fsp3) is 0.100. The van der Waals surface area contributed by atoms with E-state index in [0.717, 1.165) is 0 Å². The average Bonchev–Trinajstić information content (AvgIpc) is 2.62. The van der Waals surface area contributed by atoms with E-state index in [2.05, 4.69) is 0 Å². The highest BCUT2D eigenvalue weighted by Gasteiger charge is 2.11. The van der Waals surface area contributed by atoms with Gasteiger partial charge in [-0.2, -0.15) is 0 Å². The lowest BCUT2D eigenvalue weighted by Gasteiger charge is -2.08. The van der Waals surface area contributed by atoms with Gasteiger partial charge in [0.1, 0.15) is 23.8 Å². The summed E-state index contributed by atoms with van der Waals surface area (Å²) in [5.74, 6) is -0.955. The van der Waals surface area contributed by atoms with Crippen molar-refractivity contribution in [2.75, 3.05) is 0 Å². The Morgan fingerprint density at radius 2 is 1.96 bits per heavy atom. The van der Waals surface area contributed by atoms with Crippen LogP contribution in [0.15, 0.2) is 57.8 Å². The second-order valence-electron chi connectivity index (χ2n) is 5.67. The molecule has 0 aliphatic heterocycles. The van der Waals surface area contributed by atoms with Crippen LogP contribution in [0.2, 0.25) is 0 Å². The molecule has 0 fully saturated rings. The van der Waals surface area contributed by atoms with Gasteiger partial charge in [0, 0.05) is 28.7 Å². The van der Waals surface area contributed by atoms with Crippen LogP contribution in [0.5, 0.6) is 5.75 Å². The monoisotopic (exact) mass is 354 g/mol. The van der Waals surface area contributed by atoms with Gasteiger partial charge in [-0.25, -0.2) is 14.0 Å². The molecule has 0 atom stereocenters. The van der Waals surface area contributed by atoms with E-state index < -0.39 is 11.6 Å². The number of fused-ring (bicyclic) bond motifs is 1. The topological polar surface area (TPSA) is 76.7 Å². The Labute approximate surface area is 148 Å². The molecule has 26 heavy (non-hydrogen) atoms. The molecule has 0 aliphatic carbocycles. The van der Waals surface area contributed by atoms with E-state index in [1.54, 1.807) is 13.0 Å². The first-order valence-corrected chi connectivity index (χ1v) is 7.80. The summed E-state index contributed by atoms with van der Waals surface area (Å²) in [5, 5.41) is 10.3. The van der Waals surface area contributed by atoms with Gasteiger partial charge < -0.3 is 14.3 Å². The summed E-state index contributed by atoms with van der Waals surface area (Å²) < 4.78 is 23.1. The van der Waals surface area contributed by atoms with Crippen molar-refractivity contribution in [1.82, 2.24) is 0 Å². The highest BCUT2D eigenvalue weighted by Crippen LogP contribution is 2.27. The summed E-state index contributed by atoms with van der Waals surface area (Å²) in [7, 11) is 0. The van der Waals surface area contributed by atoms with Crippen LogP contribution >= 0.6 is 0 Å². The highest BCUT2D eigenvalue weighted by molar-refractivity contribution is 5.88. The Kier molecular flexibility index (Phi) is 4.84. The summed E-state index contributed by atoms with van der Waals surface area (Å²) in [4.78, 5) is 23.6. The van der Waals surface area contributed by atoms with Gasteiger partial charge in [0.2, 0.25) is 0 Å². The zero-order chi connectivity index (χ0) is 18.7. The molecule has 0 saturated carbocycles. The van der Waals surface area contributed by atoms with Crippen molar-refractivity contribution in [2.24, 2.45) is 0 Å². The first-order chi connectivity index (χ1) is 12.4. The third-order valence-corrected chi connectivity index (χ3v) is 3.87. The molecular weight excluding hydrogens is 339 g/mol. The first kappa shape index (κ1) is 17.4. The second kappa shape index (κ2) is 7.23. The van der Waals surface area contributed by atoms with Gasteiger partial charge in [-0.1, -0.05) is 12.1 Å². The number of ether oxygens (including phenoxy) is 1. The molecule has 0 unspecified atom stereocenters. The predicted molar refractivity (Wildman–Crippen MR) is 94.1 cm³/mol. The Morgan fingerprint density at radius 3 is 2.69 bits per heavy atom. The molecule has 0 radical (unpaired) electrons. The number of hydrogen-bond acceptors (Lipinski definition) is 5. The molecule has 0 amide bonds. The van der Waals surface area contributed by atoms with Crippen LogP contribution in [0.25, 0.3) is 17.0 Å². The summed E-state index contributed by atoms with van der Waals surface area (Å²) >= 11 is 0. The lowest BCUT2D eigenvalue weighted by Crippen LogP contribution is -2.06. The van der Waals surface area contributed by atoms with E-state index in [4.69, 9.17) is 9.15 Å². The number of carbonyl (C=O) groups excluding carboxylic acids is 1. The number of rotatable bonds is 4. The van der Waals surface area contributed by atoms with Crippen LogP contribution in [0.1, 0.15) is 16.7 Å². The molecule has 0 bridgehead atoms. The lowest BCUT2D eigenvalue weighted by molar-refractivity contribution is -0.138. The molecule has 5 nitrogen and oxygen atoms in total. The number of esters is 1. The van der Waals surface area contributed by atoms with Gasteiger partial charge in [-0.15, -0.1) is 0 Å². The fourth-order valence-corrected chi connectivity index (χ4v) is 2.47. The van der Waals surface area contributed by atoms with E-state index >= 15 is 0 Å². The zero-order valence-corrected chi connectivity index (χ0v) is 13.9. The quantitative estimate of drug-likeness (QED) is 0.439. The number of carbonyl (C=O) groups is 1. The maximum Gasteiger partial charge on any atom is 0.336 e. The van der Waals surface area contributed by atoms with Crippen molar-refractivity contribution >= 4 is 23.0 Å². The molecule has 0 aliphatic rings. The number of aromatic hydroxyl groups is 1. The third-order valence-electron chi connectivity index (χ3n) is 3.87. The van der Waals surface area contributed by atoms with E-state index in [0.29, 0.717) is 22.1 Å². The van der Waals surface area contributed by atoms with Crippen LogP contribution in [0.4, 0.5) is 4.39 Å². The van der Waals surface area contributed by atoms with E-state index in [1.807, 2.05) is 0 Å². The number of halogens is 1. The van der Waals surface area contributed by atoms with Crippen molar-refractivity contribution < 1.29 is 23.4 Å². The Balaban J connectivity index is 1.77. The van der Waals surface area contributed by atoms with Gasteiger partial charge in [-0.05, 0) is 42.8 Å². The molecular formula is C20H15FO5. The van der Waals surface area contributed by atoms with Crippen LogP contribution < -0.4 is 5.63 Å². The van der Waals surface area contributed by atoms with Crippen LogP contribution in [-0.2, 0) is 16.1 Å². The van der Waals surface area contributed by atoms with E-state index in [-0.39, 0.29) is 23.8 Å². The smallest absolute Gasteiger partial charge is 0.336 e. The minimum absolute atomic E-state index is 0.0111. The third kappa shape index (κ3) is 3.80. The predicted octanol–water partition coefficient (Wildman–Crippen LogP) is 3.70. The minimum atomic E-state index is -0.605. The first-order valence-electron chi connectivity index (χ1n) is 7.80. The fourth-order valence-electron chi connectivity index (χ4n) is 2.47. The highest BCUT2D eigenvalue weighted by atomic mass is 19.1. The minimum Gasteiger partial charge on any atom is -0.508 e.